The summed E-state index contributed by atoms with van der Waals surface area (Å²) >= 11 is 3.50. The molecule has 4 rings (SSSR count). The summed E-state index contributed by atoms with van der Waals surface area (Å²) in [6.07, 6.45) is 6.66. The molecule has 0 aliphatic rings. The second-order valence-electron chi connectivity index (χ2n) is 6.25. The normalized spacial score (nSPS) is 12.1. The molecule has 0 amide bonds. The van der Waals surface area contributed by atoms with Crippen LogP contribution in [0.4, 0.5) is 10.1 Å². The Morgan fingerprint density at radius 1 is 1.00 bits per heavy atom. The Labute approximate surface area is 164 Å². The predicted octanol–water partition coefficient (Wildman–Crippen LogP) is 5.77. The van der Waals surface area contributed by atoms with Gasteiger partial charge in [0.2, 0.25) is 0 Å². The van der Waals surface area contributed by atoms with Crippen LogP contribution in [0.15, 0.2) is 71.9 Å². The van der Waals surface area contributed by atoms with E-state index in [1.54, 1.807) is 24.7 Å². The second kappa shape index (κ2) is 7.40. The van der Waals surface area contributed by atoms with Crippen molar-refractivity contribution in [2.45, 2.75) is 13.0 Å². The van der Waals surface area contributed by atoms with Gasteiger partial charge in [-0.05, 0) is 48.9 Å². The van der Waals surface area contributed by atoms with E-state index in [4.69, 9.17) is 0 Å². The molecule has 134 valence electrons. The van der Waals surface area contributed by atoms with Crippen LogP contribution in [0.25, 0.3) is 22.0 Å². The van der Waals surface area contributed by atoms with Gasteiger partial charge in [-0.3, -0.25) is 4.98 Å². The highest BCUT2D eigenvalue weighted by molar-refractivity contribution is 9.10. The molecule has 6 heteroatoms. The minimum Gasteiger partial charge on any atom is -0.378 e. The third kappa shape index (κ3) is 3.66. The number of hydrogen-bond donors (Lipinski definition) is 1. The maximum atomic E-state index is 14.5. The van der Waals surface area contributed by atoms with Crippen molar-refractivity contribution in [2.24, 2.45) is 0 Å². The number of halogens is 2. The van der Waals surface area contributed by atoms with Gasteiger partial charge in [-0.15, -0.1) is 0 Å². The molecule has 2 aromatic carbocycles. The molecule has 0 aliphatic carbocycles. The van der Waals surface area contributed by atoms with Gasteiger partial charge in [0.25, 0.3) is 0 Å². The van der Waals surface area contributed by atoms with Crippen molar-refractivity contribution < 1.29 is 4.39 Å². The Bertz CT molecular complexity index is 1100. The van der Waals surface area contributed by atoms with Gasteiger partial charge in [0.05, 0.1) is 11.6 Å². The van der Waals surface area contributed by atoms with E-state index < -0.39 is 0 Å². The molecule has 0 spiro atoms. The number of nitrogens with one attached hydrogen (secondary N) is 1. The van der Waals surface area contributed by atoms with E-state index in [-0.39, 0.29) is 11.9 Å². The molecule has 0 saturated heterocycles. The standard InChI is InChI=1S/C21H16BrFN4/c1-13(27-21-6-7-26-20-5-3-16(22)9-18(20)21)17-8-14(2-4-19(17)23)15-10-24-12-25-11-15/h2-13H,1H3,(H,26,27). The second-order valence-corrected chi connectivity index (χ2v) is 7.17. The first-order chi connectivity index (χ1) is 13.1. The molecule has 0 aliphatic heterocycles. The average molecular weight is 423 g/mol. The first-order valence-electron chi connectivity index (χ1n) is 8.47. The Morgan fingerprint density at radius 3 is 2.63 bits per heavy atom. The zero-order valence-electron chi connectivity index (χ0n) is 14.5. The van der Waals surface area contributed by atoms with Crippen LogP contribution in [-0.4, -0.2) is 15.0 Å². The van der Waals surface area contributed by atoms with Crippen molar-refractivity contribution in [3.8, 4) is 11.1 Å². The largest absolute Gasteiger partial charge is 0.378 e. The Kier molecular flexibility index (Phi) is 4.81. The van der Waals surface area contributed by atoms with E-state index in [9.17, 15) is 4.39 Å². The summed E-state index contributed by atoms with van der Waals surface area (Å²) in [6.45, 7) is 1.94. The molecule has 0 radical (unpaired) electrons. The number of aromatic nitrogens is 3. The van der Waals surface area contributed by atoms with Crippen LogP contribution in [0, 0.1) is 5.82 Å². The highest BCUT2D eigenvalue weighted by atomic mass is 79.9. The lowest BCUT2D eigenvalue weighted by Gasteiger charge is -2.19. The molecule has 2 heterocycles. The SMILES string of the molecule is CC(Nc1ccnc2ccc(Br)cc12)c1cc(-c2cncnc2)ccc1F. The van der Waals surface area contributed by atoms with Crippen molar-refractivity contribution >= 4 is 32.5 Å². The van der Waals surface area contributed by atoms with Crippen LogP contribution in [0.1, 0.15) is 18.5 Å². The molecule has 1 unspecified atom stereocenters. The van der Waals surface area contributed by atoms with Crippen molar-refractivity contribution in [2.75, 3.05) is 5.32 Å². The predicted molar refractivity (Wildman–Crippen MR) is 109 cm³/mol. The minimum absolute atomic E-state index is 0.237. The highest BCUT2D eigenvalue weighted by Gasteiger charge is 2.14. The van der Waals surface area contributed by atoms with Crippen molar-refractivity contribution in [3.05, 3.63) is 83.2 Å². The molecule has 4 nitrogen and oxygen atoms in total. The summed E-state index contributed by atoms with van der Waals surface area (Å²) in [5.41, 5.74) is 4.09. The lowest BCUT2D eigenvalue weighted by Crippen LogP contribution is -2.09. The summed E-state index contributed by atoms with van der Waals surface area (Å²) < 4.78 is 15.5. The molecule has 1 N–H and O–H groups in total. The molecular formula is C21H16BrFN4. The number of pyridine rings is 1. The number of hydrogen-bond acceptors (Lipinski definition) is 4. The van der Waals surface area contributed by atoms with Gasteiger partial charge in [0.15, 0.2) is 0 Å². The fourth-order valence-electron chi connectivity index (χ4n) is 3.06. The Morgan fingerprint density at radius 2 is 1.81 bits per heavy atom. The van der Waals surface area contributed by atoms with Gasteiger partial charge < -0.3 is 5.32 Å². The summed E-state index contributed by atoms with van der Waals surface area (Å²) in [5.74, 6) is -0.254. The van der Waals surface area contributed by atoms with Crippen LogP contribution in [0.3, 0.4) is 0 Å². The Balaban J connectivity index is 1.70. The van der Waals surface area contributed by atoms with E-state index in [2.05, 4.69) is 36.2 Å². The highest BCUT2D eigenvalue weighted by Crippen LogP contribution is 2.30. The molecule has 2 aromatic heterocycles. The molecule has 4 aromatic rings. The van der Waals surface area contributed by atoms with E-state index in [1.165, 1.54) is 12.4 Å². The number of anilines is 1. The average Bonchev–Trinajstić information content (AvgIpc) is 2.69. The van der Waals surface area contributed by atoms with Crippen LogP contribution in [0.5, 0.6) is 0 Å². The quantitative estimate of drug-likeness (QED) is 0.453. The maximum absolute atomic E-state index is 14.5. The first kappa shape index (κ1) is 17.5. The van der Waals surface area contributed by atoms with Gasteiger partial charge in [-0.25, -0.2) is 14.4 Å². The lowest BCUT2D eigenvalue weighted by molar-refractivity contribution is 0.600. The monoisotopic (exact) mass is 422 g/mol. The van der Waals surface area contributed by atoms with Crippen molar-refractivity contribution in [1.29, 1.82) is 0 Å². The molecular weight excluding hydrogens is 407 g/mol. The fourth-order valence-corrected chi connectivity index (χ4v) is 3.42. The third-order valence-corrected chi connectivity index (χ3v) is 4.93. The van der Waals surface area contributed by atoms with E-state index >= 15 is 0 Å². The molecule has 0 fully saturated rings. The molecule has 27 heavy (non-hydrogen) atoms. The van der Waals surface area contributed by atoms with Crippen LogP contribution >= 0.6 is 15.9 Å². The molecule has 0 bridgehead atoms. The topological polar surface area (TPSA) is 50.7 Å². The van der Waals surface area contributed by atoms with Crippen LogP contribution < -0.4 is 5.32 Å². The fraction of sp³-hybridized carbons (Fsp3) is 0.0952. The molecule has 0 saturated carbocycles. The summed E-state index contributed by atoms with van der Waals surface area (Å²) in [4.78, 5) is 12.5. The summed E-state index contributed by atoms with van der Waals surface area (Å²) in [7, 11) is 0. The lowest BCUT2D eigenvalue weighted by atomic mass is 10.0. The Hall–Kier alpha value is -2.86. The maximum Gasteiger partial charge on any atom is 0.128 e. The summed E-state index contributed by atoms with van der Waals surface area (Å²) in [5, 5.41) is 4.39. The van der Waals surface area contributed by atoms with Crippen LogP contribution in [-0.2, 0) is 0 Å². The minimum atomic E-state index is -0.254. The zero-order valence-corrected chi connectivity index (χ0v) is 16.1. The zero-order chi connectivity index (χ0) is 18.8. The van der Waals surface area contributed by atoms with Gasteiger partial charge in [0.1, 0.15) is 12.1 Å². The van der Waals surface area contributed by atoms with Gasteiger partial charge in [0, 0.05) is 45.3 Å². The smallest absolute Gasteiger partial charge is 0.128 e. The van der Waals surface area contributed by atoms with E-state index in [0.717, 1.165) is 32.2 Å². The number of nitrogens with zero attached hydrogens (tertiary/aromatic N) is 3. The third-order valence-electron chi connectivity index (χ3n) is 4.43. The van der Waals surface area contributed by atoms with Crippen molar-refractivity contribution in [3.63, 3.8) is 0 Å². The molecule has 1 atom stereocenters. The summed E-state index contributed by atoms with van der Waals surface area (Å²) in [6, 6.07) is 12.6. The van der Waals surface area contributed by atoms with Gasteiger partial charge in [-0.2, -0.15) is 0 Å². The van der Waals surface area contributed by atoms with E-state index in [0.29, 0.717) is 5.56 Å². The van der Waals surface area contributed by atoms with Gasteiger partial charge >= 0.3 is 0 Å². The van der Waals surface area contributed by atoms with Crippen molar-refractivity contribution in [1.82, 2.24) is 15.0 Å². The van der Waals surface area contributed by atoms with E-state index in [1.807, 2.05) is 37.3 Å². The number of rotatable bonds is 4. The number of benzene rings is 2. The van der Waals surface area contributed by atoms with Crippen LogP contribution in [0.2, 0.25) is 0 Å². The number of fused-ring (bicyclic) bond motifs is 1. The van der Waals surface area contributed by atoms with Gasteiger partial charge in [-0.1, -0.05) is 22.0 Å². The first-order valence-corrected chi connectivity index (χ1v) is 9.27.